The van der Waals surface area contributed by atoms with Gasteiger partial charge >= 0.3 is 0 Å². The van der Waals surface area contributed by atoms with Gasteiger partial charge in [0.05, 0.1) is 0 Å². The third-order valence-electron chi connectivity index (χ3n) is 2.46. The Morgan fingerprint density at radius 1 is 1.31 bits per heavy atom. The maximum Gasteiger partial charge on any atom is 0.127 e. The SMILES string of the molecule is CCN(CCCBr)Cc1cc(F)ccc1F. The van der Waals surface area contributed by atoms with E-state index in [0.717, 1.165) is 30.9 Å². The average molecular weight is 292 g/mol. The fourth-order valence-electron chi connectivity index (χ4n) is 1.54. The van der Waals surface area contributed by atoms with Crippen LogP contribution in [0.2, 0.25) is 0 Å². The molecule has 0 N–H and O–H groups in total. The predicted molar refractivity (Wildman–Crippen MR) is 65.7 cm³/mol. The molecule has 0 aliphatic heterocycles. The zero-order chi connectivity index (χ0) is 12.0. The summed E-state index contributed by atoms with van der Waals surface area (Å²) in [5.74, 6) is -0.716. The van der Waals surface area contributed by atoms with Crippen LogP contribution in [0.5, 0.6) is 0 Å². The molecular formula is C12H16BrF2N. The van der Waals surface area contributed by atoms with E-state index in [1.165, 1.54) is 12.1 Å². The Hall–Kier alpha value is -0.480. The minimum Gasteiger partial charge on any atom is -0.299 e. The molecule has 0 bridgehead atoms. The van der Waals surface area contributed by atoms with E-state index in [0.29, 0.717) is 12.1 Å². The van der Waals surface area contributed by atoms with Gasteiger partial charge < -0.3 is 0 Å². The topological polar surface area (TPSA) is 3.24 Å². The highest BCUT2D eigenvalue weighted by molar-refractivity contribution is 9.09. The van der Waals surface area contributed by atoms with E-state index in [1.807, 2.05) is 6.92 Å². The third-order valence-corrected chi connectivity index (χ3v) is 3.02. The summed E-state index contributed by atoms with van der Waals surface area (Å²) in [4.78, 5) is 2.10. The van der Waals surface area contributed by atoms with Crippen molar-refractivity contribution in [2.24, 2.45) is 0 Å². The second-order valence-electron chi connectivity index (χ2n) is 3.65. The van der Waals surface area contributed by atoms with Crippen molar-refractivity contribution in [3.8, 4) is 0 Å². The van der Waals surface area contributed by atoms with Crippen molar-refractivity contribution in [2.75, 3.05) is 18.4 Å². The molecule has 0 aliphatic carbocycles. The number of alkyl halides is 1. The molecule has 0 aromatic heterocycles. The van der Waals surface area contributed by atoms with Crippen molar-refractivity contribution in [1.82, 2.24) is 4.90 Å². The van der Waals surface area contributed by atoms with Crippen molar-refractivity contribution in [2.45, 2.75) is 19.9 Å². The minimum atomic E-state index is -0.382. The fraction of sp³-hybridized carbons (Fsp3) is 0.500. The molecule has 90 valence electrons. The number of halogens is 3. The van der Waals surface area contributed by atoms with E-state index in [1.54, 1.807) is 0 Å². The van der Waals surface area contributed by atoms with Crippen LogP contribution < -0.4 is 0 Å². The van der Waals surface area contributed by atoms with Gasteiger partial charge in [-0.05, 0) is 37.7 Å². The number of hydrogen-bond acceptors (Lipinski definition) is 1. The lowest BCUT2D eigenvalue weighted by Crippen LogP contribution is -2.24. The standard InChI is InChI=1S/C12H16BrF2N/c1-2-16(7-3-6-13)9-10-8-11(14)4-5-12(10)15/h4-5,8H,2-3,6-7,9H2,1H3. The van der Waals surface area contributed by atoms with Gasteiger partial charge in [0, 0.05) is 17.4 Å². The van der Waals surface area contributed by atoms with E-state index >= 15 is 0 Å². The number of rotatable bonds is 6. The van der Waals surface area contributed by atoms with Crippen LogP contribution in [-0.2, 0) is 6.54 Å². The molecule has 0 heterocycles. The molecule has 0 fully saturated rings. The molecule has 0 saturated heterocycles. The second kappa shape index (κ2) is 6.97. The molecule has 0 amide bonds. The van der Waals surface area contributed by atoms with E-state index in [9.17, 15) is 8.78 Å². The maximum absolute atomic E-state index is 13.4. The average Bonchev–Trinajstić information content (AvgIpc) is 2.28. The van der Waals surface area contributed by atoms with Crippen LogP contribution in [0.3, 0.4) is 0 Å². The highest BCUT2D eigenvalue weighted by Crippen LogP contribution is 2.12. The quantitative estimate of drug-likeness (QED) is 0.724. The van der Waals surface area contributed by atoms with Crippen molar-refractivity contribution >= 4 is 15.9 Å². The van der Waals surface area contributed by atoms with Crippen molar-refractivity contribution < 1.29 is 8.78 Å². The first kappa shape index (κ1) is 13.6. The van der Waals surface area contributed by atoms with Crippen LogP contribution in [0.15, 0.2) is 18.2 Å². The zero-order valence-electron chi connectivity index (χ0n) is 9.35. The fourth-order valence-corrected chi connectivity index (χ4v) is 1.79. The molecule has 16 heavy (non-hydrogen) atoms. The monoisotopic (exact) mass is 291 g/mol. The number of hydrogen-bond donors (Lipinski definition) is 0. The summed E-state index contributed by atoms with van der Waals surface area (Å²) in [5, 5.41) is 0.926. The number of benzene rings is 1. The van der Waals surface area contributed by atoms with Crippen LogP contribution in [0.1, 0.15) is 18.9 Å². The first-order valence-corrected chi connectivity index (χ1v) is 6.51. The van der Waals surface area contributed by atoms with Crippen molar-refractivity contribution in [1.29, 1.82) is 0 Å². The highest BCUT2D eigenvalue weighted by atomic mass is 79.9. The predicted octanol–water partition coefficient (Wildman–Crippen LogP) is 3.57. The normalized spacial score (nSPS) is 11.1. The summed E-state index contributed by atoms with van der Waals surface area (Å²) < 4.78 is 26.3. The van der Waals surface area contributed by atoms with Gasteiger partial charge in [-0.2, -0.15) is 0 Å². The van der Waals surface area contributed by atoms with Crippen LogP contribution in [0.25, 0.3) is 0 Å². The summed E-state index contributed by atoms with van der Waals surface area (Å²) in [6, 6.07) is 3.60. The van der Waals surface area contributed by atoms with Crippen molar-refractivity contribution in [3.63, 3.8) is 0 Å². The summed E-state index contributed by atoms with van der Waals surface area (Å²) in [6.07, 6.45) is 1.00. The zero-order valence-corrected chi connectivity index (χ0v) is 10.9. The lowest BCUT2D eigenvalue weighted by molar-refractivity contribution is 0.277. The lowest BCUT2D eigenvalue weighted by Gasteiger charge is -2.20. The molecule has 1 rings (SSSR count). The van der Waals surface area contributed by atoms with E-state index in [4.69, 9.17) is 0 Å². The Morgan fingerprint density at radius 3 is 2.69 bits per heavy atom. The molecule has 0 spiro atoms. The molecular weight excluding hydrogens is 276 g/mol. The van der Waals surface area contributed by atoms with Gasteiger partial charge in [0.2, 0.25) is 0 Å². The van der Waals surface area contributed by atoms with Crippen molar-refractivity contribution in [3.05, 3.63) is 35.4 Å². The van der Waals surface area contributed by atoms with Gasteiger partial charge in [-0.3, -0.25) is 4.90 Å². The van der Waals surface area contributed by atoms with Gasteiger partial charge in [0.1, 0.15) is 11.6 Å². The summed E-state index contributed by atoms with van der Waals surface area (Å²) in [6.45, 7) is 4.21. The van der Waals surface area contributed by atoms with E-state index < -0.39 is 0 Å². The Balaban J connectivity index is 2.65. The minimum absolute atomic E-state index is 0.335. The molecule has 0 unspecified atom stereocenters. The molecule has 0 aliphatic rings. The van der Waals surface area contributed by atoms with Gasteiger partial charge in [0.25, 0.3) is 0 Å². The molecule has 1 aromatic carbocycles. The van der Waals surface area contributed by atoms with Crippen LogP contribution in [-0.4, -0.2) is 23.3 Å². The molecule has 1 aromatic rings. The van der Waals surface area contributed by atoms with Gasteiger partial charge in [-0.1, -0.05) is 22.9 Å². The first-order chi connectivity index (χ1) is 7.67. The Kier molecular flexibility index (Phi) is 5.91. The molecule has 4 heteroatoms. The molecule has 0 saturated carbocycles. The van der Waals surface area contributed by atoms with Gasteiger partial charge in [0.15, 0.2) is 0 Å². The Bertz CT molecular complexity index is 331. The highest BCUT2D eigenvalue weighted by Gasteiger charge is 2.08. The van der Waals surface area contributed by atoms with Gasteiger partial charge in [-0.15, -0.1) is 0 Å². The van der Waals surface area contributed by atoms with E-state index in [-0.39, 0.29) is 11.6 Å². The third kappa shape index (κ3) is 4.18. The number of nitrogens with zero attached hydrogens (tertiary/aromatic N) is 1. The first-order valence-electron chi connectivity index (χ1n) is 5.39. The van der Waals surface area contributed by atoms with Gasteiger partial charge in [-0.25, -0.2) is 8.78 Å². The largest absolute Gasteiger partial charge is 0.299 e. The van der Waals surface area contributed by atoms with Crippen LogP contribution in [0.4, 0.5) is 8.78 Å². The Morgan fingerprint density at radius 2 is 2.06 bits per heavy atom. The molecule has 1 nitrogen and oxygen atoms in total. The molecule has 0 radical (unpaired) electrons. The maximum atomic E-state index is 13.4. The summed E-state index contributed by atoms with van der Waals surface area (Å²) >= 11 is 3.36. The smallest absolute Gasteiger partial charge is 0.127 e. The second-order valence-corrected chi connectivity index (χ2v) is 4.44. The van der Waals surface area contributed by atoms with E-state index in [2.05, 4.69) is 20.8 Å². The molecule has 0 atom stereocenters. The van der Waals surface area contributed by atoms with Crippen LogP contribution >= 0.6 is 15.9 Å². The summed E-state index contributed by atoms with van der Waals surface area (Å²) in [7, 11) is 0. The Labute approximate surface area is 104 Å². The lowest BCUT2D eigenvalue weighted by atomic mass is 10.2. The van der Waals surface area contributed by atoms with Crippen LogP contribution in [0, 0.1) is 11.6 Å². The summed E-state index contributed by atoms with van der Waals surface area (Å²) in [5.41, 5.74) is 0.427.